The van der Waals surface area contributed by atoms with Crippen LogP contribution in [0.4, 0.5) is 4.79 Å². The maximum Gasteiger partial charge on any atom is 0.409 e. The molecule has 1 saturated carbocycles. The number of nitrogens with zero attached hydrogens (tertiary/aromatic N) is 3. The lowest BCUT2D eigenvalue weighted by Gasteiger charge is -2.20. The summed E-state index contributed by atoms with van der Waals surface area (Å²) in [5.41, 5.74) is 0.989. The molecule has 8 nitrogen and oxygen atoms in total. The van der Waals surface area contributed by atoms with Crippen molar-refractivity contribution in [2.75, 3.05) is 34.3 Å². The Hall–Kier alpha value is -3.03. The Balaban J connectivity index is 1.35. The van der Waals surface area contributed by atoms with Gasteiger partial charge in [-0.3, -0.25) is 0 Å². The summed E-state index contributed by atoms with van der Waals surface area (Å²) in [4.78, 5) is 32.2. The minimum absolute atomic E-state index is 0.109. The number of rotatable bonds is 11. The van der Waals surface area contributed by atoms with Crippen molar-refractivity contribution in [2.45, 2.75) is 57.5 Å². The van der Waals surface area contributed by atoms with Crippen molar-refractivity contribution < 1.29 is 23.8 Å². The smallest absolute Gasteiger partial charge is 0.409 e. The maximum absolute atomic E-state index is 12.2. The summed E-state index contributed by atoms with van der Waals surface area (Å²) in [6.07, 6.45) is 9.94. The first-order valence-corrected chi connectivity index (χ1v) is 11.8. The first-order valence-electron chi connectivity index (χ1n) is 11.8. The van der Waals surface area contributed by atoms with Gasteiger partial charge in [0.15, 0.2) is 5.70 Å². The number of amides is 1. The second kappa shape index (κ2) is 12.3. The largest absolute Gasteiger partial charge is 0.497 e. The second-order valence-electron chi connectivity index (χ2n) is 8.66. The van der Waals surface area contributed by atoms with Gasteiger partial charge in [0.05, 0.1) is 7.11 Å². The van der Waals surface area contributed by atoms with Crippen molar-refractivity contribution >= 4 is 18.0 Å². The minimum Gasteiger partial charge on any atom is -0.497 e. The minimum atomic E-state index is -0.452. The molecule has 1 aliphatic carbocycles. The van der Waals surface area contributed by atoms with E-state index < -0.39 is 5.97 Å². The second-order valence-corrected chi connectivity index (χ2v) is 8.66. The normalized spacial score (nSPS) is 17.1. The van der Waals surface area contributed by atoms with Gasteiger partial charge in [0.2, 0.25) is 5.90 Å². The van der Waals surface area contributed by atoms with Gasteiger partial charge >= 0.3 is 12.1 Å². The molecule has 0 unspecified atom stereocenters. The SMILES string of the molecule is COc1cccc(C2=N/C(=C/N(C)CCCCCCN(C)C(=O)OC3CCCC3)C(=O)O2)c1. The fourth-order valence-electron chi connectivity index (χ4n) is 3.95. The predicted molar refractivity (Wildman–Crippen MR) is 126 cm³/mol. The van der Waals surface area contributed by atoms with Crippen molar-refractivity contribution in [1.82, 2.24) is 9.80 Å². The lowest BCUT2D eigenvalue weighted by molar-refractivity contribution is -0.130. The van der Waals surface area contributed by atoms with Gasteiger partial charge in [0.1, 0.15) is 11.9 Å². The van der Waals surface area contributed by atoms with Crippen LogP contribution < -0.4 is 4.74 Å². The molecule has 0 bridgehead atoms. The van der Waals surface area contributed by atoms with Crippen LogP contribution >= 0.6 is 0 Å². The molecule has 1 heterocycles. The lowest BCUT2D eigenvalue weighted by Crippen LogP contribution is -2.31. The number of benzene rings is 1. The van der Waals surface area contributed by atoms with E-state index in [0.717, 1.165) is 57.9 Å². The predicted octanol–water partition coefficient (Wildman–Crippen LogP) is 4.34. The number of ether oxygens (including phenoxy) is 3. The van der Waals surface area contributed by atoms with Crippen molar-refractivity contribution in [2.24, 2.45) is 4.99 Å². The summed E-state index contributed by atoms with van der Waals surface area (Å²) in [7, 11) is 5.32. The van der Waals surface area contributed by atoms with Crippen molar-refractivity contribution in [3.8, 4) is 5.75 Å². The molecule has 1 aliphatic heterocycles. The molecule has 1 aromatic rings. The van der Waals surface area contributed by atoms with E-state index in [2.05, 4.69) is 4.99 Å². The monoisotopic (exact) mass is 457 g/mol. The van der Waals surface area contributed by atoms with E-state index >= 15 is 0 Å². The van der Waals surface area contributed by atoms with E-state index in [4.69, 9.17) is 14.2 Å². The molecule has 8 heteroatoms. The van der Waals surface area contributed by atoms with Crippen LogP contribution in [0.15, 0.2) is 41.2 Å². The Bertz CT molecular complexity index is 877. The molecule has 1 amide bonds. The van der Waals surface area contributed by atoms with E-state index in [-0.39, 0.29) is 23.8 Å². The van der Waals surface area contributed by atoms with Crippen LogP contribution in [0.25, 0.3) is 0 Å². The van der Waals surface area contributed by atoms with Crippen LogP contribution in [-0.4, -0.2) is 68.2 Å². The summed E-state index contributed by atoms with van der Waals surface area (Å²) >= 11 is 0. The number of methoxy groups -OCH3 is 1. The van der Waals surface area contributed by atoms with Gasteiger partial charge < -0.3 is 24.0 Å². The van der Waals surface area contributed by atoms with Gasteiger partial charge in [0, 0.05) is 38.9 Å². The van der Waals surface area contributed by atoms with E-state index in [1.54, 1.807) is 31.3 Å². The van der Waals surface area contributed by atoms with Gasteiger partial charge in [-0.05, 0) is 56.7 Å². The van der Waals surface area contributed by atoms with E-state index in [1.807, 2.05) is 30.1 Å². The third-order valence-corrected chi connectivity index (χ3v) is 5.92. The molecule has 3 rings (SSSR count). The zero-order chi connectivity index (χ0) is 23.6. The van der Waals surface area contributed by atoms with E-state index in [1.165, 1.54) is 0 Å². The molecular weight excluding hydrogens is 422 g/mol. The summed E-state index contributed by atoms with van der Waals surface area (Å²) < 4.78 is 16.1. The van der Waals surface area contributed by atoms with Crippen LogP contribution in [0.5, 0.6) is 5.75 Å². The van der Waals surface area contributed by atoms with Gasteiger partial charge in [0.25, 0.3) is 0 Å². The number of hydrogen-bond donors (Lipinski definition) is 0. The lowest BCUT2D eigenvalue weighted by atomic mass is 10.2. The third-order valence-electron chi connectivity index (χ3n) is 5.92. The Morgan fingerprint density at radius 3 is 2.61 bits per heavy atom. The molecule has 0 atom stereocenters. The standard InChI is InChI=1S/C25H35N3O5/c1-27(15-8-4-5-9-16-28(2)25(30)32-20-12-6-7-13-20)18-22-24(29)33-23(26-22)19-11-10-14-21(17-19)31-3/h10-11,14,17-18,20H,4-9,12-13,15-16H2,1-3H3/b22-18+. The fourth-order valence-corrected chi connectivity index (χ4v) is 3.95. The highest BCUT2D eigenvalue weighted by Gasteiger charge is 2.25. The van der Waals surface area contributed by atoms with Crippen LogP contribution in [0.2, 0.25) is 0 Å². The maximum atomic E-state index is 12.2. The molecule has 1 fully saturated rings. The zero-order valence-corrected chi connectivity index (χ0v) is 19.9. The highest BCUT2D eigenvalue weighted by atomic mass is 16.6. The fraction of sp³-hybridized carbons (Fsp3) is 0.560. The van der Waals surface area contributed by atoms with Crippen molar-refractivity contribution in [1.29, 1.82) is 0 Å². The summed E-state index contributed by atoms with van der Waals surface area (Å²) in [5, 5.41) is 0. The topological polar surface area (TPSA) is 80.7 Å². The Morgan fingerprint density at radius 2 is 1.88 bits per heavy atom. The average molecular weight is 458 g/mol. The molecule has 0 radical (unpaired) electrons. The Labute approximate surface area is 196 Å². The number of unbranched alkanes of at least 4 members (excludes halogenated alkanes) is 3. The third kappa shape index (κ3) is 7.51. The molecular formula is C25H35N3O5. The van der Waals surface area contributed by atoms with Crippen molar-refractivity contribution in [3.63, 3.8) is 0 Å². The number of esters is 1. The molecule has 2 aliphatic rings. The Morgan fingerprint density at radius 1 is 1.15 bits per heavy atom. The van der Waals surface area contributed by atoms with Crippen LogP contribution in [-0.2, 0) is 14.3 Å². The summed E-state index contributed by atoms with van der Waals surface area (Å²) in [5.74, 6) is 0.513. The van der Waals surface area contributed by atoms with Gasteiger partial charge in [-0.2, -0.15) is 0 Å². The van der Waals surface area contributed by atoms with Gasteiger partial charge in [-0.25, -0.2) is 14.6 Å². The molecule has 33 heavy (non-hydrogen) atoms. The number of cyclic esters (lactones) is 1. The zero-order valence-electron chi connectivity index (χ0n) is 19.9. The highest BCUT2D eigenvalue weighted by Crippen LogP contribution is 2.22. The van der Waals surface area contributed by atoms with Crippen molar-refractivity contribution in [3.05, 3.63) is 41.7 Å². The van der Waals surface area contributed by atoms with E-state index in [0.29, 0.717) is 17.9 Å². The first-order chi connectivity index (χ1) is 16.0. The number of carbonyl (C=O) groups excluding carboxylic acids is 2. The molecule has 1 aromatic carbocycles. The number of carbonyl (C=O) groups is 2. The van der Waals surface area contributed by atoms with E-state index in [9.17, 15) is 9.59 Å². The number of hydrogen-bond acceptors (Lipinski definition) is 7. The van der Waals surface area contributed by atoms with Crippen LogP contribution in [0, 0.1) is 0 Å². The summed E-state index contributed by atoms with van der Waals surface area (Å²) in [6.45, 7) is 1.51. The summed E-state index contributed by atoms with van der Waals surface area (Å²) in [6, 6.07) is 7.26. The molecule has 0 aromatic heterocycles. The highest BCUT2D eigenvalue weighted by molar-refractivity contribution is 6.11. The molecule has 0 saturated heterocycles. The van der Waals surface area contributed by atoms with Crippen LogP contribution in [0.1, 0.15) is 56.9 Å². The number of aliphatic imine (C=N–C) groups is 1. The molecule has 0 N–H and O–H groups in total. The molecule has 180 valence electrons. The quantitative estimate of drug-likeness (QED) is 0.279. The average Bonchev–Trinajstić information content (AvgIpc) is 3.45. The van der Waals surface area contributed by atoms with Gasteiger partial charge in [-0.1, -0.05) is 18.9 Å². The van der Waals surface area contributed by atoms with Gasteiger partial charge in [-0.15, -0.1) is 0 Å². The Kier molecular flexibility index (Phi) is 9.15. The van der Waals surface area contributed by atoms with Crippen LogP contribution in [0.3, 0.4) is 0 Å². The first kappa shape index (κ1) is 24.6. The molecule has 0 spiro atoms.